The Hall–Kier alpha value is -1.55. The average Bonchev–Trinajstić information content (AvgIpc) is 2.43. The Bertz CT molecular complexity index is 401. The van der Waals surface area contributed by atoms with E-state index in [1.165, 1.54) is 0 Å². The molecule has 0 heterocycles. The molecule has 0 spiro atoms. The summed E-state index contributed by atoms with van der Waals surface area (Å²) in [6.07, 6.45) is 0.730. The van der Waals surface area contributed by atoms with Crippen molar-refractivity contribution in [3.8, 4) is 5.75 Å². The highest BCUT2D eigenvalue weighted by Gasteiger charge is 2.29. The van der Waals surface area contributed by atoms with Crippen LogP contribution in [-0.2, 0) is 11.3 Å². The van der Waals surface area contributed by atoms with E-state index in [0.29, 0.717) is 13.1 Å². The summed E-state index contributed by atoms with van der Waals surface area (Å²) in [6.45, 7) is 4.70. The number of carbonyl (C=O) groups excluding carboxylic acids is 1. The predicted molar refractivity (Wildman–Crippen MR) is 72.3 cm³/mol. The van der Waals surface area contributed by atoms with Gasteiger partial charge in [0.2, 0.25) is 5.91 Å². The maximum absolute atomic E-state index is 12.0. The van der Waals surface area contributed by atoms with E-state index >= 15 is 0 Å². The molecule has 4 nitrogen and oxygen atoms in total. The Morgan fingerprint density at radius 2 is 2.22 bits per heavy atom. The summed E-state index contributed by atoms with van der Waals surface area (Å²) in [4.78, 5) is 12.0. The molecule has 1 unspecified atom stereocenters. The molecule has 100 valence electrons. The van der Waals surface area contributed by atoms with Crippen LogP contribution >= 0.6 is 0 Å². The number of hydrogen-bond acceptors (Lipinski definition) is 3. The minimum Gasteiger partial charge on any atom is -0.497 e. The van der Waals surface area contributed by atoms with Gasteiger partial charge in [-0.05, 0) is 31.0 Å². The molecule has 1 aromatic carbocycles. The van der Waals surface area contributed by atoms with Gasteiger partial charge in [0, 0.05) is 13.1 Å². The van der Waals surface area contributed by atoms with Crippen LogP contribution in [0.4, 0.5) is 0 Å². The second-order valence-electron chi connectivity index (χ2n) is 4.65. The van der Waals surface area contributed by atoms with Crippen molar-refractivity contribution in [1.29, 1.82) is 0 Å². The standard InChI is InChI=1S/C14H22N2O2/c1-4-14(2,10-15)13(17)16-9-11-6-5-7-12(8-11)18-3/h5-8H,4,9-10,15H2,1-3H3,(H,16,17). The second-order valence-corrected chi connectivity index (χ2v) is 4.65. The molecule has 18 heavy (non-hydrogen) atoms. The smallest absolute Gasteiger partial charge is 0.227 e. The van der Waals surface area contributed by atoms with Crippen LogP contribution < -0.4 is 15.8 Å². The molecule has 0 radical (unpaired) electrons. The van der Waals surface area contributed by atoms with Gasteiger partial charge in [-0.2, -0.15) is 0 Å². The summed E-state index contributed by atoms with van der Waals surface area (Å²) in [5.41, 5.74) is 6.18. The van der Waals surface area contributed by atoms with Gasteiger partial charge in [0.25, 0.3) is 0 Å². The molecule has 0 aliphatic rings. The lowest BCUT2D eigenvalue weighted by atomic mass is 9.86. The van der Waals surface area contributed by atoms with Crippen LogP contribution in [0.1, 0.15) is 25.8 Å². The molecule has 0 saturated carbocycles. The van der Waals surface area contributed by atoms with Gasteiger partial charge in [0.15, 0.2) is 0 Å². The normalized spacial score (nSPS) is 13.8. The number of carbonyl (C=O) groups is 1. The summed E-state index contributed by atoms with van der Waals surface area (Å²) < 4.78 is 5.14. The highest BCUT2D eigenvalue weighted by atomic mass is 16.5. The third kappa shape index (κ3) is 3.47. The van der Waals surface area contributed by atoms with Gasteiger partial charge < -0.3 is 15.8 Å². The Kier molecular flexibility index (Phi) is 5.16. The maximum Gasteiger partial charge on any atom is 0.227 e. The number of methoxy groups -OCH3 is 1. The molecule has 4 heteroatoms. The molecule has 0 saturated heterocycles. The topological polar surface area (TPSA) is 64.4 Å². The average molecular weight is 250 g/mol. The number of nitrogens with one attached hydrogen (secondary N) is 1. The fraction of sp³-hybridized carbons (Fsp3) is 0.500. The van der Waals surface area contributed by atoms with E-state index in [2.05, 4.69) is 5.32 Å². The van der Waals surface area contributed by atoms with E-state index in [1.807, 2.05) is 38.1 Å². The van der Waals surface area contributed by atoms with Crippen molar-refractivity contribution < 1.29 is 9.53 Å². The van der Waals surface area contributed by atoms with Crippen molar-refractivity contribution in [2.45, 2.75) is 26.8 Å². The van der Waals surface area contributed by atoms with Crippen LogP contribution in [0.5, 0.6) is 5.75 Å². The Labute approximate surface area is 109 Å². The summed E-state index contributed by atoms with van der Waals surface area (Å²) in [5.74, 6) is 0.786. The molecular weight excluding hydrogens is 228 g/mol. The van der Waals surface area contributed by atoms with Gasteiger partial charge in [0.1, 0.15) is 5.75 Å². The van der Waals surface area contributed by atoms with Crippen LogP contribution in [0.2, 0.25) is 0 Å². The van der Waals surface area contributed by atoms with Crippen molar-refractivity contribution >= 4 is 5.91 Å². The summed E-state index contributed by atoms with van der Waals surface area (Å²) in [5, 5.41) is 2.92. The fourth-order valence-electron chi connectivity index (χ4n) is 1.58. The van der Waals surface area contributed by atoms with Gasteiger partial charge in [-0.3, -0.25) is 4.79 Å². The van der Waals surface area contributed by atoms with E-state index in [1.54, 1.807) is 7.11 Å². The summed E-state index contributed by atoms with van der Waals surface area (Å²) in [7, 11) is 1.63. The number of benzene rings is 1. The Morgan fingerprint density at radius 3 is 2.78 bits per heavy atom. The number of nitrogens with two attached hydrogens (primary N) is 1. The van der Waals surface area contributed by atoms with E-state index in [-0.39, 0.29) is 5.91 Å². The molecule has 0 bridgehead atoms. The fourth-order valence-corrected chi connectivity index (χ4v) is 1.58. The van der Waals surface area contributed by atoms with Crippen LogP contribution in [0.15, 0.2) is 24.3 Å². The highest BCUT2D eigenvalue weighted by Crippen LogP contribution is 2.19. The first kappa shape index (κ1) is 14.5. The van der Waals surface area contributed by atoms with Crippen molar-refractivity contribution in [3.05, 3.63) is 29.8 Å². The zero-order valence-corrected chi connectivity index (χ0v) is 11.3. The summed E-state index contributed by atoms with van der Waals surface area (Å²) in [6, 6.07) is 7.64. The molecule has 1 amide bonds. The zero-order valence-electron chi connectivity index (χ0n) is 11.3. The van der Waals surface area contributed by atoms with Crippen molar-refractivity contribution in [1.82, 2.24) is 5.32 Å². The molecule has 0 aliphatic carbocycles. The van der Waals surface area contributed by atoms with Crippen LogP contribution in [0, 0.1) is 5.41 Å². The van der Waals surface area contributed by atoms with E-state index < -0.39 is 5.41 Å². The largest absolute Gasteiger partial charge is 0.497 e. The molecule has 1 rings (SSSR count). The molecule has 0 aliphatic heterocycles. The van der Waals surface area contributed by atoms with Crippen molar-refractivity contribution in [2.24, 2.45) is 11.1 Å². The van der Waals surface area contributed by atoms with Crippen LogP contribution in [-0.4, -0.2) is 19.6 Å². The molecule has 1 atom stereocenters. The van der Waals surface area contributed by atoms with Crippen molar-refractivity contribution in [3.63, 3.8) is 0 Å². The van der Waals surface area contributed by atoms with Gasteiger partial charge in [0.05, 0.1) is 12.5 Å². The van der Waals surface area contributed by atoms with Gasteiger partial charge in [-0.25, -0.2) is 0 Å². The Balaban J connectivity index is 2.62. The first-order valence-corrected chi connectivity index (χ1v) is 6.17. The molecule has 0 fully saturated rings. The summed E-state index contributed by atoms with van der Waals surface area (Å²) >= 11 is 0. The lowest BCUT2D eigenvalue weighted by Gasteiger charge is -2.25. The quantitative estimate of drug-likeness (QED) is 0.807. The first-order valence-electron chi connectivity index (χ1n) is 6.17. The zero-order chi connectivity index (χ0) is 13.6. The Morgan fingerprint density at radius 1 is 1.50 bits per heavy atom. The minimum absolute atomic E-state index is 0.00433. The number of rotatable bonds is 6. The third-order valence-corrected chi connectivity index (χ3v) is 3.37. The van der Waals surface area contributed by atoms with Crippen molar-refractivity contribution in [2.75, 3.05) is 13.7 Å². The third-order valence-electron chi connectivity index (χ3n) is 3.37. The van der Waals surface area contributed by atoms with E-state index in [4.69, 9.17) is 10.5 Å². The predicted octanol–water partition coefficient (Wildman–Crippen LogP) is 1.69. The lowest BCUT2D eigenvalue weighted by molar-refractivity contribution is -0.130. The van der Waals surface area contributed by atoms with Crippen LogP contribution in [0.3, 0.4) is 0 Å². The second kappa shape index (κ2) is 6.40. The van der Waals surface area contributed by atoms with E-state index in [9.17, 15) is 4.79 Å². The highest BCUT2D eigenvalue weighted by molar-refractivity contribution is 5.82. The number of amides is 1. The lowest BCUT2D eigenvalue weighted by Crippen LogP contribution is -2.43. The number of ether oxygens (including phenoxy) is 1. The van der Waals surface area contributed by atoms with Crippen LogP contribution in [0.25, 0.3) is 0 Å². The monoisotopic (exact) mass is 250 g/mol. The first-order chi connectivity index (χ1) is 8.55. The van der Waals surface area contributed by atoms with E-state index in [0.717, 1.165) is 17.7 Å². The maximum atomic E-state index is 12.0. The van der Waals surface area contributed by atoms with Gasteiger partial charge in [-0.15, -0.1) is 0 Å². The molecule has 1 aromatic rings. The number of hydrogen-bond donors (Lipinski definition) is 2. The minimum atomic E-state index is -0.487. The van der Waals surface area contributed by atoms with Gasteiger partial charge >= 0.3 is 0 Å². The molecule has 0 aromatic heterocycles. The molecular formula is C14H22N2O2. The van der Waals surface area contributed by atoms with Gasteiger partial charge in [-0.1, -0.05) is 19.1 Å². The SMILES string of the molecule is CCC(C)(CN)C(=O)NCc1cccc(OC)c1. The molecule has 3 N–H and O–H groups in total.